The fourth-order valence-corrected chi connectivity index (χ4v) is 2.38. The SMILES string of the molecule is C#CCC(N)c1ccc(Br)cc1Br. The summed E-state index contributed by atoms with van der Waals surface area (Å²) in [6, 6.07) is 5.80. The maximum atomic E-state index is 5.87. The van der Waals surface area contributed by atoms with E-state index in [2.05, 4.69) is 37.8 Å². The van der Waals surface area contributed by atoms with Crippen LogP contribution in [0.2, 0.25) is 0 Å². The highest BCUT2D eigenvalue weighted by Gasteiger charge is 2.08. The third-order valence-corrected chi connectivity index (χ3v) is 2.88. The summed E-state index contributed by atoms with van der Waals surface area (Å²) in [7, 11) is 0. The van der Waals surface area contributed by atoms with Crippen molar-refractivity contribution >= 4 is 31.9 Å². The lowest BCUT2D eigenvalue weighted by molar-refractivity contribution is 0.750. The Morgan fingerprint density at radius 3 is 2.69 bits per heavy atom. The third kappa shape index (κ3) is 2.84. The van der Waals surface area contributed by atoms with Gasteiger partial charge in [0.05, 0.1) is 0 Å². The molecule has 0 aliphatic rings. The van der Waals surface area contributed by atoms with E-state index in [0.717, 1.165) is 14.5 Å². The maximum absolute atomic E-state index is 5.87. The summed E-state index contributed by atoms with van der Waals surface area (Å²) in [5, 5.41) is 0. The van der Waals surface area contributed by atoms with E-state index in [4.69, 9.17) is 12.2 Å². The third-order valence-electron chi connectivity index (χ3n) is 1.70. The maximum Gasteiger partial charge on any atom is 0.0417 e. The Bertz CT molecular complexity index is 341. The van der Waals surface area contributed by atoms with E-state index in [-0.39, 0.29) is 6.04 Å². The van der Waals surface area contributed by atoms with Crippen LogP contribution >= 0.6 is 31.9 Å². The Kier molecular flexibility index (Phi) is 3.98. The van der Waals surface area contributed by atoms with E-state index in [1.165, 1.54) is 0 Å². The first-order valence-corrected chi connectivity index (χ1v) is 5.37. The molecule has 0 spiro atoms. The fraction of sp³-hybridized carbons (Fsp3) is 0.200. The number of hydrogen-bond donors (Lipinski definition) is 1. The smallest absolute Gasteiger partial charge is 0.0417 e. The quantitative estimate of drug-likeness (QED) is 0.834. The first-order valence-electron chi connectivity index (χ1n) is 3.79. The lowest BCUT2D eigenvalue weighted by atomic mass is 10.1. The molecule has 0 aromatic heterocycles. The molecule has 13 heavy (non-hydrogen) atoms. The highest BCUT2D eigenvalue weighted by molar-refractivity contribution is 9.11. The number of rotatable bonds is 2. The largest absolute Gasteiger partial charge is 0.323 e. The van der Waals surface area contributed by atoms with Gasteiger partial charge in [-0.15, -0.1) is 12.3 Å². The van der Waals surface area contributed by atoms with Crippen molar-refractivity contribution in [3.8, 4) is 12.3 Å². The lowest BCUT2D eigenvalue weighted by Gasteiger charge is -2.10. The van der Waals surface area contributed by atoms with E-state index >= 15 is 0 Å². The van der Waals surface area contributed by atoms with Crippen LogP contribution in [-0.2, 0) is 0 Å². The van der Waals surface area contributed by atoms with Crippen LogP contribution in [0.15, 0.2) is 27.1 Å². The molecule has 1 rings (SSSR count). The van der Waals surface area contributed by atoms with Crippen molar-refractivity contribution in [2.45, 2.75) is 12.5 Å². The van der Waals surface area contributed by atoms with Gasteiger partial charge in [0, 0.05) is 21.4 Å². The molecule has 0 amide bonds. The first kappa shape index (κ1) is 10.8. The van der Waals surface area contributed by atoms with E-state index in [1.54, 1.807) is 0 Å². The minimum atomic E-state index is -0.0903. The average molecular weight is 303 g/mol. The van der Waals surface area contributed by atoms with Crippen LogP contribution in [0.4, 0.5) is 0 Å². The van der Waals surface area contributed by atoms with Gasteiger partial charge in [-0.2, -0.15) is 0 Å². The molecular weight excluding hydrogens is 294 g/mol. The van der Waals surface area contributed by atoms with Crippen LogP contribution in [0.1, 0.15) is 18.0 Å². The van der Waals surface area contributed by atoms with Gasteiger partial charge < -0.3 is 5.73 Å². The number of benzene rings is 1. The molecule has 0 radical (unpaired) electrons. The highest BCUT2D eigenvalue weighted by atomic mass is 79.9. The average Bonchev–Trinajstić information content (AvgIpc) is 2.04. The summed E-state index contributed by atoms with van der Waals surface area (Å²) in [6.07, 6.45) is 5.75. The molecule has 0 fully saturated rings. The van der Waals surface area contributed by atoms with Crippen molar-refractivity contribution in [2.75, 3.05) is 0 Å². The second kappa shape index (κ2) is 4.80. The van der Waals surface area contributed by atoms with E-state index in [0.29, 0.717) is 6.42 Å². The number of hydrogen-bond acceptors (Lipinski definition) is 1. The zero-order valence-electron chi connectivity index (χ0n) is 6.93. The standard InChI is InChI=1S/C10H9Br2N/c1-2-3-10(13)8-5-4-7(11)6-9(8)12/h1,4-6,10H,3,13H2. The summed E-state index contributed by atoms with van der Waals surface area (Å²) in [6.45, 7) is 0. The van der Waals surface area contributed by atoms with Crippen molar-refractivity contribution in [3.63, 3.8) is 0 Å². The molecule has 1 unspecified atom stereocenters. The van der Waals surface area contributed by atoms with Crippen molar-refractivity contribution in [1.29, 1.82) is 0 Å². The molecule has 3 heteroatoms. The van der Waals surface area contributed by atoms with Crippen molar-refractivity contribution < 1.29 is 0 Å². The van der Waals surface area contributed by atoms with Gasteiger partial charge in [0.2, 0.25) is 0 Å². The minimum absolute atomic E-state index is 0.0903. The minimum Gasteiger partial charge on any atom is -0.323 e. The molecule has 0 saturated carbocycles. The molecule has 1 atom stereocenters. The van der Waals surface area contributed by atoms with Gasteiger partial charge in [-0.3, -0.25) is 0 Å². The van der Waals surface area contributed by atoms with Crippen molar-refractivity contribution in [2.24, 2.45) is 5.73 Å². The zero-order chi connectivity index (χ0) is 9.84. The Balaban J connectivity index is 2.96. The zero-order valence-corrected chi connectivity index (χ0v) is 10.1. The summed E-state index contributed by atoms with van der Waals surface area (Å²) < 4.78 is 2.01. The first-order chi connectivity index (χ1) is 6.15. The molecule has 0 aliphatic heterocycles. The predicted molar refractivity (Wildman–Crippen MR) is 62.2 cm³/mol. The number of terminal acetylenes is 1. The Morgan fingerprint density at radius 2 is 2.15 bits per heavy atom. The Labute approximate surface area is 95.0 Å². The summed E-state index contributed by atoms with van der Waals surface area (Å²) in [5.41, 5.74) is 6.91. The number of nitrogens with two attached hydrogens (primary N) is 1. The molecule has 68 valence electrons. The van der Waals surface area contributed by atoms with Gasteiger partial charge in [0.25, 0.3) is 0 Å². The molecule has 0 heterocycles. The molecule has 2 N–H and O–H groups in total. The Hall–Kier alpha value is -0.300. The highest BCUT2D eigenvalue weighted by Crippen LogP contribution is 2.26. The lowest BCUT2D eigenvalue weighted by Crippen LogP contribution is -2.09. The second-order valence-electron chi connectivity index (χ2n) is 2.68. The predicted octanol–water partition coefficient (Wildman–Crippen LogP) is 3.23. The van der Waals surface area contributed by atoms with Crippen LogP contribution in [0.25, 0.3) is 0 Å². The van der Waals surface area contributed by atoms with Crippen LogP contribution in [0, 0.1) is 12.3 Å². The second-order valence-corrected chi connectivity index (χ2v) is 4.45. The summed E-state index contributed by atoms with van der Waals surface area (Å²) in [5.74, 6) is 2.55. The van der Waals surface area contributed by atoms with Gasteiger partial charge in [-0.1, -0.05) is 37.9 Å². The summed E-state index contributed by atoms with van der Waals surface area (Å²) >= 11 is 6.81. The molecule has 0 bridgehead atoms. The van der Waals surface area contributed by atoms with Crippen molar-refractivity contribution in [3.05, 3.63) is 32.7 Å². The summed E-state index contributed by atoms with van der Waals surface area (Å²) in [4.78, 5) is 0. The monoisotopic (exact) mass is 301 g/mol. The molecule has 1 aromatic rings. The van der Waals surface area contributed by atoms with Gasteiger partial charge in [-0.05, 0) is 17.7 Å². The normalized spacial score (nSPS) is 12.2. The van der Waals surface area contributed by atoms with Gasteiger partial charge in [-0.25, -0.2) is 0 Å². The van der Waals surface area contributed by atoms with E-state index < -0.39 is 0 Å². The topological polar surface area (TPSA) is 26.0 Å². The van der Waals surface area contributed by atoms with Crippen molar-refractivity contribution in [1.82, 2.24) is 0 Å². The Morgan fingerprint density at radius 1 is 1.46 bits per heavy atom. The molecular formula is C10H9Br2N. The van der Waals surface area contributed by atoms with Gasteiger partial charge in [0.15, 0.2) is 0 Å². The molecule has 1 nitrogen and oxygen atoms in total. The van der Waals surface area contributed by atoms with E-state index in [1.807, 2.05) is 18.2 Å². The van der Waals surface area contributed by atoms with Gasteiger partial charge >= 0.3 is 0 Å². The molecule has 1 aromatic carbocycles. The number of halogens is 2. The van der Waals surface area contributed by atoms with Crippen LogP contribution < -0.4 is 5.73 Å². The molecule has 0 aliphatic carbocycles. The van der Waals surface area contributed by atoms with Crippen LogP contribution in [-0.4, -0.2) is 0 Å². The molecule has 0 saturated heterocycles. The van der Waals surface area contributed by atoms with Gasteiger partial charge in [0.1, 0.15) is 0 Å². The van der Waals surface area contributed by atoms with E-state index in [9.17, 15) is 0 Å². The van der Waals surface area contributed by atoms with Crippen LogP contribution in [0.5, 0.6) is 0 Å². The fourth-order valence-electron chi connectivity index (χ4n) is 1.04. The van der Waals surface area contributed by atoms with Crippen LogP contribution in [0.3, 0.4) is 0 Å².